The van der Waals surface area contributed by atoms with E-state index in [2.05, 4.69) is 33.8 Å². The molecule has 3 N–H and O–H groups in total. The van der Waals surface area contributed by atoms with E-state index >= 15 is 0 Å². The number of aromatic nitrogens is 1. The molecular weight excluding hydrogens is 186 g/mol. The molecule has 0 atom stereocenters. The van der Waals surface area contributed by atoms with Gasteiger partial charge in [0.05, 0.1) is 0 Å². The van der Waals surface area contributed by atoms with E-state index in [9.17, 15) is 0 Å². The summed E-state index contributed by atoms with van der Waals surface area (Å²) in [6, 6.07) is 10.3. The summed E-state index contributed by atoms with van der Waals surface area (Å²) in [6.45, 7) is 4.56. The van der Waals surface area contributed by atoms with Crippen molar-refractivity contribution in [2.24, 2.45) is 0 Å². The zero-order chi connectivity index (χ0) is 10.3. The van der Waals surface area contributed by atoms with Gasteiger partial charge in [0.2, 0.25) is 0 Å². The summed E-state index contributed by atoms with van der Waals surface area (Å²) in [5, 5.41) is 7.72. The first kappa shape index (κ1) is 10.2. The van der Waals surface area contributed by atoms with Gasteiger partial charge in [0.15, 0.2) is 0 Å². The molecule has 1 aromatic heterocycles. The van der Waals surface area contributed by atoms with Crippen molar-refractivity contribution in [3.8, 4) is 0 Å². The molecule has 1 aliphatic heterocycles. The Balaban J connectivity index is 0.000000124. The van der Waals surface area contributed by atoms with Crippen molar-refractivity contribution >= 4 is 10.9 Å². The van der Waals surface area contributed by atoms with Crippen molar-refractivity contribution in [2.75, 3.05) is 26.2 Å². The Labute approximate surface area is 89.9 Å². The van der Waals surface area contributed by atoms with Gasteiger partial charge in [-0.2, -0.15) is 0 Å². The summed E-state index contributed by atoms with van der Waals surface area (Å²) in [7, 11) is 0. The fourth-order valence-electron chi connectivity index (χ4n) is 1.60. The van der Waals surface area contributed by atoms with Gasteiger partial charge in [-0.05, 0) is 17.5 Å². The second-order valence-electron chi connectivity index (χ2n) is 3.56. The maximum absolute atomic E-state index is 3.22. The van der Waals surface area contributed by atoms with E-state index in [4.69, 9.17) is 0 Å². The van der Waals surface area contributed by atoms with Gasteiger partial charge in [-0.25, -0.2) is 0 Å². The minimum absolute atomic E-state index is 1.14. The Bertz CT molecular complexity index is 349. The van der Waals surface area contributed by atoms with Crippen LogP contribution in [-0.4, -0.2) is 31.2 Å². The van der Waals surface area contributed by atoms with Gasteiger partial charge < -0.3 is 15.6 Å². The number of para-hydroxylation sites is 1. The maximum Gasteiger partial charge on any atom is 0.0453 e. The van der Waals surface area contributed by atoms with E-state index in [1.54, 1.807) is 0 Å². The van der Waals surface area contributed by atoms with Crippen LogP contribution in [0.2, 0.25) is 0 Å². The van der Waals surface area contributed by atoms with E-state index in [0.717, 1.165) is 26.2 Å². The molecule has 0 aliphatic carbocycles. The third kappa shape index (κ3) is 3.08. The van der Waals surface area contributed by atoms with E-state index in [1.165, 1.54) is 10.9 Å². The predicted octanol–water partition coefficient (Wildman–Crippen LogP) is 1.35. The minimum Gasteiger partial charge on any atom is -0.361 e. The number of nitrogens with one attached hydrogen (secondary N) is 3. The Kier molecular flexibility index (Phi) is 3.77. The molecular formula is C12H17N3. The SMILES string of the molecule is C1CNCCN1.c1ccc2[nH]ccc2c1. The second kappa shape index (κ2) is 5.53. The van der Waals surface area contributed by atoms with Gasteiger partial charge in [-0.1, -0.05) is 18.2 Å². The lowest BCUT2D eigenvalue weighted by Gasteiger charge is -2.11. The molecule has 0 unspecified atom stereocenters. The number of H-pyrrole nitrogens is 1. The molecule has 1 saturated heterocycles. The Hall–Kier alpha value is -1.32. The lowest BCUT2D eigenvalue weighted by atomic mass is 10.3. The van der Waals surface area contributed by atoms with Crippen LogP contribution < -0.4 is 10.6 Å². The Morgan fingerprint density at radius 3 is 2.07 bits per heavy atom. The summed E-state index contributed by atoms with van der Waals surface area (Å²) in [5.41, 5.74) is 1.21. The number of benzene rings is 1. The van der Waals surface area contributed by atoms with Crippen LogP contribution in [0.1, 0.15) is 0 Å². The third-order valence-corrected chi connectivity index (χ3v) is 2.42. The highest BCUT2D eigenvalue weighted by molar-refractivity contribution is 5.78. The first-order chi connectivity index (χ1) is 7.47. The molecule has 0 bridgehead atoms. The van der Waals surface area contributed by atoms with Crippen LogP contribution in [-0.2, 0) is 0 Å². The van der Waals surface area contributed by atoms with E-state index in [-0.39, 0.29) is 0 Å². The average Bonchev–Trinajstić information content (AvgIpc) is 2.80. The first-order valence-electron chi connectivity index (χ1n) is 5.40. The van der Waals surface area contributed by atoms with Gasteiger partial charge >= 0.3 is 0 Å². The van der Waals surface area contributed by atoms with Gasteiger partial charge in [0, 0.05) is 37.9 Å². The highest BCUT2D eigenvalue weighted by atomic mass is 15.0. The van der Waals surface area contributed by atoms with Crippen molar-refractivity contribution in [3.63, 3.8) is 0 Å². The zero-order valence-electron chi connectivity index (χ0n) is 8.79. The fourth-order valence-corrected chi connectivity index (χ4v) is 1.60. The molecule has 1 aromatic carbocycles. The normalized spacial score (nSPS) is 15.7. The molecule has 0 spiro atoms. The highest BCUT2D eigenvalue weighted by Crippen LogP contribution is 2.09. The van der Waals surface area contributed by atoms with E-state index in [1.807, 2.05) is 18.3 Å². The Morgan fingerprint density at radius 2 is 1.47 bits per heavy atom. The molecule has 2 aromatic rings. The lowest BCUT2D eigenvalue weighted by Crippen LogP contribution is -2.39. The van der Waals surface area contributed by atoms with Gasteiger partial charge in [0.25, 0.3) is 0 Å². The third-order valence-electron chi connectivity index (χ3n) is 2.42. The smallest absolute Gasteiger partial charge is 0.0453 e. The van der Waals surface area contributed by atoms with Crippen molar-refractivity contribution in [3.05, 3.63) is 36.5 Å². The van der Waals surface area contributed by atoms with E-state index < -0.39 is 0 Å². The van der Waals surface area contributed by atoms with Crippen molar-refractivity contribution in [1.29, 1.82) is 0 Å². The van der Waals surface area contributed by atoms with Crippen LogP contribution in [0.25, 0.3) is 10.9 Å². The topological polar surface area (TPSA) is 39.8 Å². The predicted molar refractivity (Wildman–Crippen MR) is 64.0 cm³/mol. The summed E-state index contributed by atoms with van der Waals surface area (Å²) in [4.78, 5) is 3.12. The quantitative estimate of drug-likeness (QED) is 0.605. The number of rotatable bonds is 0. The van der Waals surface area contributed by atoms with Crippen molar-refractivity contribution in [1.82, 2.24) is 15.6 Å². The molecule has 1 fully saturated rings. The molecule has 3 nitrogen and oxygen atoms in total. The summed E-state index contributed by atoms with van der Waals surface area (Å²) < 4.78 is 0. The van der Waals surface area contributed by atoms with Crippen LogP contribution in [0, 0.1) is 0 Å². The first-order valence-corrected chi connectivity index (χ1v) is 5.40. The van der Waals surface area contributed by atoms with Gasteiger partial charge in [-0.3, -0.25) is 0 Å². The largest absolute Gasteiger partial charge is 0.361 e. The zero-order valence-corrected chi connectivity index (χ0v) is 8.79. The average molecular weight is 203 g/mol. The minimum atomic E-state index is 1.14. The van der Waals surface area contributed by atoms with Crippen LogP contribution in [0.3, 0.4) is 0 Å². The molecule has 0 radical (unpaired) electrons. The molecule has 0 saturated carbocycles. The van der Waals surface area contributed by atoms with Gasteiger partial charge in [0.1, 0.15) is 0 Å². The fraction of sp³-hybridized carbons (Fsp3) is 0.333. The Morgan fingerprint density at radius 1 is 0.800 bits per heavy atom. The maximum atomic E-state index is 3.22. The number of piperazine rings is 1. The van der Waals surface area contributed by atoms with Gasteiger partial charge in [-0.15, -0.1) is 0 Å². The second-order valence-corrected chi connectivity index (χ2v) is 3.56. The number of hydrogen-bond acceptors (Lipinski definition) is 2. The summed E-state index contributed by atoms with van der Waals surface area (Å²) in [6.07, 6.45) is 1.95. The van der Waals surface area contributed by atoms with Crippen molar-refractivity contribution < 1.29 is 0 Å². The van der Waals surface area contributed by atoms with Crippen LogP contribution in [0.5, 0.6) is 0 Å². The van der Waals surface area contributed by atoms with E-state index in [0.29, 0.717) is 0 Å². The lowest BCUT2D eigenvalue weighted by molar-refractivity contribution is 0.534. The standard InChI is InChI=1S/C8H7N.C4H10N2/c1-2-4-8-7(3-1)5-6-9-8;1-2-6-4-3-5-1/h1-6,9H;5-6H,1-4H2. The highest BCUT2D eigenvalue weighted by Gasteiger charge is 1.91. The molecule has 80 valence electrons. The van der Waals surface area contributed by atoms with Crippen LogP contribution in [0.4, 0.5) is 0 Å². The summed E-state index contributed by atoms with van der Waals surface area (Å²) >= 11 is 0. The molecule has 1 aliphatic rings. The molecule has 2 heterocycles. The number of fused-ring (bicyclic) bond motifs is 1. The summed E-state index contributed by atoms with van der Waals surface area (Å²) in [5.74, 6) is 0. The monoisotopic (exact) mass is 203 g/mol. The van der Waals surface area contributed by atoms with Crippen molar-refractivity contribution in [2.45, 2.75) is 0 Å². The van der Waals surface area contributed by atoms with Crippen LogP contribution in [0.15, 0.2) is 36.5 Å². The molecule has 3 rings (SSSR count). The molecule has 0 amide bonds. The molecule has 15 heavy (non-hydrogen) atoms. The van der Waals surface area contributed by atoms with Crippen LogP contribution >= 0.6 is 0 Å². The molecule has 3 heteroatoms. The number of aromatic amines is 1. The number of hydrogen-bond donors (Lipinski definition) is 3.